The van der Waals surface area contributed by atoms with Crippen molar-refractivity contribution in [3.8, 4) is 11.5 Å². The van der Waals surface area contributed by atoms with E-state index in [-0.39, 0.29) is 11.7 Å². The van der Waals surface area contributed by atoms with Crippen LogP contribution in [0, 0.1) is 5.82 Å². The second-order valence-corrected chi connectivity index (χ2v) is 7.33. The quantitative estimate of drug-likeness (QED) is 0.481. The minimum Gasteiger partial charge on any atom is -0.493 e. The van der Waals surface area contributed by atoms with E-state index < -0.39 is 0 Å². The van der Waals surface area contributed by atoms with E-state index in [1.165, 1.54) is 34.8 Å². The molecule has 0 atom stereocenters. The summed E-state index contributed by atoms with van der Waals surface area (Å²) in [6, 6.07) is 21.3. The largest absolute Gasteiger partial charge is 0.493 e. The highest BCUT2D eigenvalue weighted by Gasteiger charge is 2.28. The molecule has 0 bridgehead atoms. The van der Waals surface area contributed by atoms with Gasteiger partial charge in [0.25, 0.3) is 5.91 Å². The van der Waals surface area contributed by atoms with Crippen LogP contribution in [0.3, 0.4) is 0 Å². The van der Waals surface area contributed by atoms with Crippen molar-refractivity contribution in [1.29, 1.82) is 0 Å². The summed E-state index contributed by atoms with van der Waals surface area (Å²) >= 11 is 0. The van der Waals surface area contributed by atoms with Crippen molar-refractivity contribution < 1.29 is 18.7 Å². The number of carbonyl (C=O) groups excluding carboxylic acids is 1. The van der Waals surface area contributed by atoms with E-state index in [9.17, 15) is 9.18 Å². The summed E-state index contributed by atoms with van der Waals surface area (Å²) in [5.74, 6) is 0.593. The predicted octanol–water partition coefficient (Wildman–Crippen LogP) is 5.26. The van der Waals surface area contributed by atoms with E-state index in [0.29, 0.717) is 35.1 Å². The van der Waals surface area contributed by atoms with Crippen LogP contribution in [0.2, 0.25) is 0 Å². The Morgan fingerprint density at radius 2 is 1.75 bits per heavy atom. The molecule has 0 radical (unpaired) electrons. The smallest absolute Gasteiger partial charge is 0.280 e. The molecule has 0 saturated carbocycles. The molecule has 162 valence electrons. The zero-order valence-corrected chi connectivity index (χ0v) is 17.9. The number of nitrogens with zero attached hydrogens (tertiary/aromatic N) is 2. The maximum Gasteiger partial charge on any atom is 0.280 e. The average molecular weight is 430 g/mol. The first-order chi connectivity index (χ1) is 15.5. The van der Waals surface area contributed by atoms with Crippen LogP contribution in [-0.4, -0.2) is 25.3 Å². The molecular weight excluding hydrogens is 407 g/mol. The molecule has 1 amide bonds. The van der Waals surface area contributed by atoms with Gasteiger partial charge in [-0.05, 0) is 60.5 Å². The Bertz CT molecular complexity index is 1170. The number of carbonyl (C=O) groups is 1. The summed E-state index contributed by atoms with van der Waals surface area (Å²) < 4.78 is 24.6. The highest BCUT2D eigenvalue weighted by Crippen LogP contribution is 2.31. The molecule has 1 heterocycles. The molecule has 0 unspecified atom stereocenters. The number of anilines is 1. The summed E-state index contributed by atoms with van der Waals surface area (Å²) in [5, 5.41) is 5.61. The van der Waals surface area contributed by atoms with Gasteiger partial charge in [0.2, 0.25) is 0 Å². The first-order valence-electron chi connectivity index (χ1n) is 10.3. The number of halogens is 1. The van der Waals surface area contributed by atoms with Crippen molar-refractivity contribution in [2.45, 2.75) is 13.3 Å². The Morgan fingerprint density at radius 3 is 2.47 bits per heavy atom. The molecule has 3 aromatic rings. The van der Waals surface area contributed by atoms with Crippen molar-refractivity contribution in [3.63, 3.8) is 0 Å². The molecule has 0 saturated heterocycles. The van der Waals surface area contributed by atoms with Crippen molar-refractivity contribution in [1.82, 2.24) is 0 Å². The number of hydrogen-bond donors (Lipinski definition) is 0. The Kier molecular flexibility index (Phi) is 6.31. The number of hydrogen-bond acceptors (Lipinski definition) is 4. The van der Waals surface area contributed by atoms with Gasteiger partial charge in [-0.25, -0.2) is 4.39 Å². The van der Waals surface area contributed by atoms with Gasteiger partial charge in [0, 0.05) is 6.42 Å². The first-order valence-corrected chi connectivity index (χ1v) is 10.3. The fraction of sp³-hybridized carbons (Fsp3) is 0.154. The zero-order chi connectivity index (χ0) is 22.5. The lowest BCUT2D eigenvalue weighted by molar-refractivity contribution is -0.114. The van der Waals surface area contributed by atoms with Crippen LogP contribution < -0.4 is 14.5 Å². The molecule has 4 rings (SSSR count). The topological polar surface area (TPSA) is 51.1 Å². The minimum atomic E-state index is -0.366. The molecule has 1 aliphatic heterocycles. The van der Waals surface area contributed by atoms with Gasteiger partial charge < -0.3 is 9.47 Å². The maximum atomic E-state index is 13.2. The van der Waals surface area contributed by atoms with Gasteiger partial charge in [0.1, 0.15) is 5.82 Å². The van der Waals surface area contributed by atoms with Crippen LogP contribution in [0.5, 0.6) is 11.5 Å². The van der Waals surface area contributed by atoms with Crippen molar-refractivity contribution in [2.75, 3.05) is 18.7 Å². The van der Waals surface area contributed by atoms with E-state index in [1.54, 1.807) is 20.1 Å². The van der Waals surface area contributed by atoms with Gasteiger partial charge in [0.05, 0.1) is 30.7 Å². The highest BCUT2D eigenvalue weighted by molar-refractivity contribution is 6.32. The Hall–Kier alpha value is -3.93. The van der Waals surface area contributed by atoms with Crippen LogP contribution in [0.15, 0.2) is 83.5 Å². The minimum absolute atomic E-state index is 0.267. The van der Waals surface area contributed by atoms with Crippen LogP contribution in [0.1, 0.15) is 18.1 Å². The van der Waals surface area contributed by atoms with Crippen molar-refractivity contribution in [3.05, 3.63) is 95.3 Å². The van der Waals surface area contributed by atoms with Gasteiger partial charge in [-0.15, -0.1) is 0 Å². The Labute approximate surface area is 186 Å². The molecule has 0 fully saturated rings. The van der Waals surface area contributed by atoms with Crippen LogP contribution in [0.4, 0.5) is 10.1 Å². The number of amides is 1. The summed E-state index contributed by atoms with van der Waals surface area (Å²) in [4.78, 5) is 12.9. The lowest BCUT2D eigenvalue weighted by atomic mass is 10.1. The van der Waals surface area contributed by atoms with E-state index in [2.05, 4.69) is 17.2 Å². The molecule has 0 spiro atoms. The SMILES string of the molecule is COc1cc(/C=C2\C(=O)N(c3ccc(F)cc3)N=C2C)ccc1OCCc1ccccc1. The summed E-state index contributed by atoms with van der Waals surface area (Å²) in [5.41, 5.74) is 3.55. The second kappa shape index (κ2) is 9.47. The van der Waals surface area contributed by atoms with Crippen LogP contribution >= 0.6 is 0 Å². The number of benzene rings is 3. The third-order valence-corrected chi connectivity index (χ3v) is 5.12. The van der Waals surface area contributed by atoms with Gasteiger partial charge in [-0.1, -0.05) is 36.4 Å². The lowest BCUT2D eigenvalue weighted by Gasteiger charge is -2.12. The molecule has 6 heteroatoms. The van der Waals surface area contributed by atoms with Crippen molar-refractivity contribution >= 4 is 23.4 Å². The molecule has 1 aliphatic rings. The molecule has 32 heavy (non-hydrogen) atoms. The number of ether oxygens (including phenoxy) is 2. The predicted molar refractivity (Wildman–Crippen MR) is 124 cm³/mol. The Morgan fingerprint density at radius 1 is 1.00 bits per heavy atom. The summed E-state index contributed by atoms with van der Waals surface area (Å²) in [7, 11) is 1.58. The zero-order valence-electron chi connectivity index (χ0n) is 17.9. The molecule has 0 N–H and O–H groups in total. The molecular formula is C26H23FN2O3. The van der Waals surface area contributed by atoms with E-state index in [0.717, 1.165) is 12.0 Å². The second-order valence-electron chi connectivity index (χ2n) is 7.33. The van der Waals surface area contributed by atoms with Gasteiger partial charge in [0.15, 0.2) is 11.5 Å². The summed E-state index contributed by atoms with van der Waals surface area (Å²) in [6.07, 6.45) is 2.56. The summed E-state index contributed by atoms with van der Waals surface area (Å²) in [6.45, 7) is 2.29. The number of methoxy groups -OCH3 is 1. The fourth-order valence-electron chi connectivity index (χ4n) is 3.42. The van der Waals surface area contributed by atoms with E-state index in [1.807, 2.05) is 36.4 Å². The highest BCUT2D eigenvalue weighted by atomic mass is 19.1. The molecule has 0 aliphatic carbocycles. The van der Waals surface area contributed by atoms with Crippen LogP contribution in [-0.2, 0) is 11.2 Å². The van der Waals surface area contributed by atoms with E-state index >= 15 is 0 Å². The average Bonchev–Trinajstić information content (AvgIpc) is 3.09. The normalized spacial score (nSPS) is 14.6. The maximum absolute atomic E-state index is 13.2. The fourth-order valence-corrected chi connectivity index (χ4v) is 3.42. The van der Waals surface area contributed by atoms with Crippen molar-refractivity contribution in [2.24, 2.45) is 5.10 Å². The van der Waals surface area contributed by atoms with Gasteiger partial charge in [-0.3, -0.25) is 4.79 Å². The molecule has 5 nitrogen and oxygen atoms in total. The number of rotatable bonds is 7. The van der Waals surface area contributed by atoms with Crippen LogP contribution in [0.25, 0.3) is 6.08 Å². The standard InChI is InChI=1S/C26H23FN2O3/c1-18-23(26(30)29(28-18)22-11-9-21(27)10-12-22)16-20-8-13-24(25(17-20)31-2)32-15-14-19-6-4-3-5-7-19/h3-13,16-17H,14-15H2,1-2H3/b23-16-. The molecule has 3 aromatic carbocycles. The first kappa shape index (κ1) is 21.3. The molecule has 0 aromatic heterocycles. The third-order valence-electron chi connectivity index (χ3n) is 5.12. The lowest BCUT2D eigenvalue weighted by Crippen LogP contribution is -2.21. The number of hydrazone groups is 1. The third kappa shape index (κ3) is 4.70. The Balaban J connectivity index is 1.49. The monoisotopic (exact) mass is 430 g/mol. The van der Waals surface area contributed by atoms with Gasteiger partial charge in [-0.2, -0.15) is 10.1 Å². The van der Waals surface area contributed by atoms with E-state index in [4.69, 9.17) is 9.47 Å². The van der Waals surface area contributed by atoms with Gasteiger partial charge >= 0.3 is 0 Å².